The lowest BCUT2D eigenvalue weighted by atomic mass is 10.1. The molecule has 1 aromatic carbocycles. The van der Waals surface area contributed by atoms with E-state index >= 15 is 0 Å². The van der Waals surface area contributed by atoms with Gasteiger partial charge < -0.3 is 0 Å². The zero-order valence-electron chi connectivity index (χ0n) is 10.5. The lowest BCUT2D eigenvalue weighted by Crippen LogP contribution is -2.02. The van der Waals surface area contributed by atoms with Crippen LogP contribution in [0.4, 0.5) is 17.6 Å². The molecule has 0 heterocycles. The molecular weight excluding hydrogens is 220 g/mol. The second kappa shape index (κ2) is 8.13. The fourth-order valence-electron chi connectivity index (χ4n) is 0.851. The van der Waals surface area contributed by atoms with Crippen molar-refractivity contribution in [2.24, 2.45) is 0 Å². The normalized spacial score (nSPS) is 8.62. The zero-order chi connectivity index (χ0) is 13.5. The molecule has 0 atom stereocenters. The number of benzene rings is 1. The minimum Gasteiger partial charge on any atom is -0.203 e. The summed E-state index contributed by atoms with van der Waals surface area (Å²) in [5, 5.41) is 0. The van der Waals surface area contributed by atoms with Crippen molar-refractivity contribution in [3.63, 3.8) is 0 Å². The zero-order valence-corrected chi connectivity index (χ0v) is 10.5. The second-order valence-corrected chi connectivity index (χ2v) is 2.51. The van der Waals surface area contributed by atoms with Crippen LogP contribution in [0, 0.1) is 37.1 Å². The third kappa shape index (κ3) is 3.51. The van der Waals surface area contributed by atoms with Crippen molar-refractivity contribution in [2.75, 3.05) is 0 Å². The molecule has 0 N–H and O–H groups in total. The minimum absolute atomic E-state index is 0.629. The molecule has 16 heavy (non-hydrogen) atoms. The standard InChI is InChI=1S/C8H6F4.2C2H6/c1-3-5(9)7(11)4(2)8(12)6(3)10;2*1-2/h1-2H3;2*1-2H3. The molecule has 0 aromatic heterocycles. The van der Waals surface area contributed by atoms with Crippen LogP contribution < -0.4 is 0 Å². The van der Waals surface area contributed by atoms with Crippen molar-refractivity contribution in [1.82, 2.24) is 0 Å². The first-order valence-corrected chi connectivity index (χ1v) is 5.26. The molecule has 4 heteroatoms. The van der Waals surface area contributed by atoms with E-state index in [1.54, 1.807) is 0 Å². The average Bonchev–Trinajstić information content (AvgIpc) is 2.36. The van der Waals surface area contributed by atoms with Gasteiger partial charge >= 0.3 is 0 Å². The van der Waals surface area contributed by atoms with Crippen LogP contribution in [-0.4, -0.2) is 0 Å². The summed E-state index contributed by atoms with van der Waals surface area (Å²) in [7, 11) is 0. The number of halogens is 4. The Balaban J connectivity index is 0. The molecule has 0 unspecified atom stereocenters. The Morgan fingerprint density at radius 2 is 0.625 bits per heavy atom. The highest BCUT2D eigenvalue weighted by atomic mass is 19.2. The highest BCUT2D eigenvalue weighted by Gasteiger charge is 2.19. The van der Waals surface area contributed by atoms with E-state index < -0.39 is 34.4 Å². The molecule has 1 rings (SSSR count). The summed E-state index contributed by atoms with van der Waals surface area (Å²) < 4.78 is 50.6. The molecule has 0 aliphatic carbocycles. The molecule has 0 amide bonds. The monoisotopic (exact) mass is 238 g/mol. The Hall–Kier alpha value is -1.06. The topological polar surface area (TPSA) is 0 Å². The van der Waals surface area contributed by atoms with E-state index in [2.05, 4.69) is 0 Å². The number of rotatable bonds is 0. The molecule has 0 bridgehead atoms. The maximum Gasteiger partial charge on any atom is 0.165 e. The summed E-state index contributed by atoms with van der Waals surface area (Å²) in [6.07, 6.45) is 0. The van der Waals surface area contributed by atoms with Gasteiger partial charge in [-0.3, -0.25) is 0 Å². The molecule has 0 radical (unpaired) electrons. The summed E-state index contributed by atoms with van der Waals surface area (Å²) in [5.74, 6) is -5.31. The summed E-state index contributed by atoms with van der Waals surface area (Å²) in [6, 6.07) is 0. The van der Waals surface area contributed by atoms with Crippen molar-refractivity contribution in [1.29, 1.82) is 0 Å². The van der Waals surface area contributed by atoms with Gasteiger partial charge in [0.2, 0.25) is 0 Å². The largest absolute Gasteiger partial charge is 0.203 e. The van der Waals surface area contributed by atoms with Crippen LogP contribution in [0.2, 0.25) is 0 Å². The van der Waals surface area contributed by atoms with Gasteiger partial charge in [-0.2, -0.15) is 0 Å². The lowest BCUT2D eigenvalue weighted by Gasteiger charge is -2.04. The summed E-state index contributed by atoms with van der Waals surface area (Å²) in [6.45, 7) is 9.96. The predicted molar refractivity (Wildman–Crippen MR) is 58.4 cm³/mol. The fourth-order valence-corrected chi connectivity index (χ4v) is 0.851. The van der Waals surface area contributed by atoms with Crippen molar-refractivity contribution < 1.29 is 17.6 Å². The smallest absolute Gasteiger partial charge is 0.165 e. The summed E-state index contributed by atoms with van der Waals surface area (Å²) in [4.78, 5) is 0. The predicted octanol–water partition coefficient (Wildman–Crippen LogP) is 4.91. The lowest BCUT2D eigenvalue weighted by molar-refractivity contribution is 0.436. The van der Waals surface area contributed by atoms with E-state index in [0.29, 0.717) is 0 Å². The first kappa shape index (κ1) is 17.3. The van der Waals surface area contributed by atoms with E-state index in [-0.39, 0.29) is 0 Å². The molecule has 94 valence electrons. The van der Waals surface area contributed by atoms with Gasteiger partial charge in [-0.25, -0.2) is 17.6 Å². The minimum atomic E-state index is -1.33. The van der Waals surface area contributed by atoms with E-state index in [4.69, 9.17) is 0 Å². The molecule has 0 spiro atoms. The third-order valence-corrected chi connectivity index (χ3v) is 1.70. The van der Waals surface area contributed by atoms with Gasteiger partial charge in [0, 0.05) is 11.1 Å². The highest BCUT2D eigenvalue weighted by molar-refractivity contribution is 5.27. The van der Waals surface area contributed by atoms with Gasteiger partial charge in [-0.15, -0.1) is 0 Å². The maximum absolute atomic E-state index is 12.7. The van der Waals surface area contributed by atoms with Crippen LogP contribution in [0.15, 0.2) is 0 Å². The highest BCUT2D eigenvalue weighted by Crippen LogP contribution is 2.22. The molecule has 1 aromatic rings. The van der Waals surface area contributed by atoms with Crippen LogP contribution >= 0.6 is 0 Å². The van der Waals surface area contributed by atoms with Crippen LogP contribution in [0.3, 0.4) is 0 Å². The fraction of sp³-hybridized carbons (Fsp3) is 0.500. The van der Waals surface area contributed by atoms with Crippen LogP contribution in [0.25, 0.3) is 0 Å². The van der Waals surface area contributed by atoms with Gasteiger partial charge in [0.05, 0.1) is 0 Å². The Labute approximate surface area is 94.3 Å². The molecule has 0 saturated heterocycles. The molecule has 0 saturated carbocycles. The third-order valence-electron chi connectivity index (χ3n) is 1.70. The number of hydrogen-bond acceptors (Lipinski definition) is 0. The second-order valence-electron chi connectivity index (χ2n) is 2.51. The van der Waals surface area contributed by atoms with E-state index in [9.17, 15) is 17.6 Å². The van der Waals surface area contributed by atoms with E-state index in [0.717, 1.165) is 13.8 Å². The first-order valence-electron chi connectivity index (χ1n) is 5.26. The Kier molecular flexibility index (Phi) is 8.81. The molecule has 0 nitrogen and oxygen atoms in total. The van der Waals surface area contributed by atoms with Gasteiger partial charge in [-0.05, 0) is 13.8 Å². The quantitative estimate of drug-likeness (QED) is 0.445. The van der Waals surface area contributed by atoms with Crippen molar-refractivity contribution in [3.8, 4) is 0 Å². The Morgan fingerprint density at radius 3 is 0.750 bits per heavy atom. The van der Waals surface area contributed by atoms with Gasteiger partial charge in [0.25, 0.3) is 0 Å². The van der Waals surface area contributed by atoms with Gasteiger partial charge in [0.1, 0.15) is 0 Å². The van der Waals surface area contributed by atoms with Gasteiger partial charge in [-0.1, -0.05) is 27.7 Å². The average molecular weight is 238 g/mol. The Morgan fingerprint density at radius 1 is 0.500 bits per heavy atom. The molecule has 0 fully saturated rings. The van der Waals surface area contributed by atoms with E-state index in [1.807, 2.05) is 27.7 Å². The maximum atomic E-state index is 12.7. The van der Waals surface area contributed by atoms with Crippen LogP contribution in [0.1, 0.15) is 38.8 Å². The van der Waals surface area contributed by atoms with Crippen LogP contribution in [0.5, 0.6) is 0 Å². The number of hydrogen-bond donors (Lipinski definition) is 0. The summed E-state index contributed by atoms with van der Waals surface area (Å²) in [5.41, 5.74) is -1.26. The van der Waals surface area contributed by atoms with Crippen molar-refractivity contribution in [2.45, 2.75) is 41.5 Å². The SMILES string of the molecule is CC.CC.Cc1c(F)c(F)c(C)c(F)c1F. The molecule has 0 aliphatic heterocycles. The first-order chi connectivity index (χ1) is 7.46. The van der Waals surface area contributed by atoms with Crippen molar-refractivity contribution in [3.05, 3.63) is 34.4 Å². The molecule has 0 aliphatic rings. The molecular formula is C12H18F4. The van der Waals surface area contributed by atoms with Crippen LogP contribution in [-0.2, 0) is 0 Å². The Bertz CT molecular complexity index is 227. The van der Waals surface area contributed by atoms with E-state index in [1.165, 1.54) is 0 Å². The van der Waals surface area contributed by atoms with Crippen molar-refractivity contribution >= 4 is 0 Å². The van der Waals surface area contributed by atoms with Gasteiger partial charge in [0.15, 0.2) is 23.3 Å². The summed E-state index contributed by atoms with van der Waals surface area (Å²) >= 11 is 0.